The summed E-state index contributed by atoms with van der Waals surface area (Å²) in [5, 5.41) is 10.0. The van der Waals surface area contributed by atoms with Gasteiger partial charge in [0, 0.05) is 7.11 Å². The highest BCUT2D eigenvalue weighted by atomic mass is 16.5. The molecule has 0 aliphatic rings. The molecule has 2 atom stereocenters. The van der Waals surface area contributed by atoms with Crippen LogP contribution in [0.25, 0.3) is 0 Å². The molecule has 2 nitrogen and oxygen atoms in total. The lowest BCUT2D eigenvalue weighted by atomic mass is 10.0. The fourth-order valence-electron chi connectivity index (χ4n) is 2.78. The molecule has 0 aromatic heterocycles. The van der Waals surface area contributed by atoms with Crippen LogP contribution in [-0.2, 0) is 4.74 Å². The third kappa shape index (κ3) is 11.7. The zero-order valence-corrected chi connectivity index (χ0v) is 14.2. The largest absolute Gasteiger partial charge is 0.390 e. The van der Waals surface area contributed by atoms with Crippen LogP contribution >= 0.6 is 0 Å². The maximum atomic E-state index is 10.0. The number of unbranched alkanes of at least 4 members (excludes halogenated alkanes) is 9. The van der Waals surface area contributed by atoms with Gasteiger partial charge in [-0.05, 0) is 12.8 Å². The Hall–Kier alpha value is -0.0800. The number of aliphatic hydroxyl groups excluding tert-OH is 1. The summed E-state index contributed by atoms with van der Waals surface area (Å²) in [7, 11) is 1.71. The molecule has 0 aromatic carbocycles. The second kappa shape index (κ2) is 15.3. The second-order valence-electron chi connectivity index (χ2n) is 6.10. The van der Waals surface area contributed by atoms with E-state index in [1.54, 1.807) is 7.11 Å². The van der Waals surface area contributed by atoms with Gasteiger partial charge in [0.1, 0.15) is 0 Å². The van der Waals surface area contributed by atoms with Gasteiger partial charge in [0.05, 0.1) is 12.2 Å². The minimum absolute atomic E-state index is 0.0403. The van der Waals surface area contributed by atoms with Crippen molar-refractivity contribution in [2.45, 2.75) is 110 Å². The van der Waals surface area contributed by atoms with Crippen LogP contribution in [0, 0.1) is 0 Å². The maximum Gasteiger partial charge on any atom is 0.0830 e. The molecule has 0 fully saturated rings. The Balaban J connectivity index is 3.30. The quantitative estimate of drug-likeness (QED) is 0.404. The maximum absolute atomic E-state index is 10.0. The van der Waals surface area contributed by atoms with E-state index in [1.807, 2.05) is 0 Å². The first-order chi connectivity index (χ1) is 9.76. The summed E-state index contributed by atoms with van der Waals surface area (Å²) in [4.78, 5) is 0. The van der Waals surface area contributed by atoms with Crippen molar-refractivity contribution in [2.75, 3.05) is 7.11 Å². The molecule has 0 aliphatic heterocycles. The first kappa shape index (κ1) is 19.9. The summed E-state index contributed by atoms with van der Waals surface area (Å²) in [6, 6.07) is 0. The minimum atomic E-state index is -0.269. The van der Waals surface area contributed by atoms with Crippen LogP contribution in [0.1, 0.15) is 97.3 Å². The van der Waals surface area contributed by atoms with Crippen molar-refractivity contribution >= 4 is 0 Å². The molecule has 1 N–H and O–H groups in total. The lowest BCUT2D eigenvalue weighted by molar-refractivity contribution is -0.0211. The highest BCUT2D eigenvalue weighted by molar-refractivity contribution is 4.68. The van der Waals surface area contributed by atoms with Gasteiger partial charge >= 0.3 is 0 Å². The standard InChI is InChI=1S/C18H38O2/c1-4-6-7-8-9-10-11-12-13-14-16-17(19)18(20-3)15-5-2/h17-19H,4-16H2,1-3H3. The van der Waals surface area contributed by atoms with E-state index in [2.05, 4.69) is 13.8 Å². The van der Waals surface area contributed by atoms with Crippen LogP contribution < -0.4 is 0 Å². The van der Waals surface area contributed by atoms with Gasteiger partial charge in [0.15, 0.2) is 0 Å². The Kier molecular flexibility index (Phi) is 15.3. The van der Waals surface area contributed by atoms with E-state index in [0.29, 0.717) is 0 Å². The molecule has 0 saturated heterocycles. The molecule has 0 heterocycles. The number of ether oxygens (including phenoxy) is 1. The molecular formula is C18H38O2. The molecule has 20 heavy (non-hydrogen) atoms. The van der Waals surface area contributed by atoms with Crippen molar-refractivity contribution < 1.29 is 9.84 Å². The summed E-state index contributed by atoms with van der Waals surface area (Å²) in [5.41, 5.74) is 0. The first-order valence-electron chi connectivity index (χ1n) is 8.97. The number of hydrogen-bond donors (Lipinski definition) is 1. The monoisotopic (exact) mass is 286 g/mol. The highest BCUT2D eigenvalue weighted by Gasteiger charge is 2.16. The average molecular weight is 286 g/mol. The Labute approximate surface area is 127 Å². The zero-order valence-electron chi connectivity index (χ0n) is 14.2. The van der Waals surface area contributed by atoms with Gasteiger partial charge in [-0.15, -0.1) is 0 Å². The smallest absolute Gasteiger partial charge is 0.0830 e. The van der Waals surface area contributed by atoms with Gasteiger partial charge in [0.2, 0.25) is 0 Å². The predicted molar refractivity (Wildman–Crippen MR) is 88.2 cm³/mol. The van der Waals surface area contributed by atoms with Crippen molar-refractivity contribution in [1.82, 2.24) is 0 Å². The van der Waals surface area contributed by atoms with Crippen LogP contribution in [0.3, 0.4) is 0 Å². The number of hydrogen-bond acceptors (Lipinski definition) is 2. The predicted octanol–water partition coefficient (Wildman–Crippen LogP) is 5.47. The normalized spacial score (nSPS) is 14.4. The average Bonchev–Trinajstić information content (AvgIpc) is 2.46. The Bertz CT molecular complexity index is 182. The Morgan fingerprint density at radius 1 is 0.700 bits per heavy atom. The lowest BCUT2D eigenvalue weighted by Gasteiger charge is -2.20. The third-order valence-electron chi connectivity index (χ3n) is 4.16. The number of methoxy groups -OCH3 is 1. The summed E-state index contributed by atoms with van der Waals surface area (Å²) in [6.07, 6.45) is 16.2. The summed E-state index contributed by atoms with van der Waals surface area (Å²) < 4.78 is 5.34. The van der Waals surface area contributed by atoms with Crippen LogP contribution in [0.2, 0.25) is 0 Å². The highest BCUT2D eigenvalue weighted by Crippen LogP contribution is 2.15. The fourth-order valence-corrected chi connectivity index (χ4v) is 2.78. The summed E-state index contributed by atoms with van der Waals surface area (Å²) in [6.45, 7) is 4.41. The van der Waals surface area contributed by atoms with Crippen LogP contribution in [-0.4, -0.2) is 24.4 Å². The van der Waals surface area contributed by atoms with Crippen molar-refractivity contribution in [3.8, 4) is 0 Å². The van der Waals surface area contributed by atoms with E-state index in [1.165, 1.54) is 57.8 Å². The molecule has 122 valence electrons. The number of rotatable bonds is 15. The summed E-state index contributed by atoms with van der Waals surface area (Å²) in [5.74, 6) is 0. The van der Waals surface area contributed by atoms with E-state index in [4.69, 9.17) is 4.74 Å². The van der Waals surface area contributed by atoms with Gasteiger partial charge in [-0.3, -0.25) is 0 Å². The topological polar surface area (TPSA) is 29.5 Å². The van der Waals surface area contributed by atoms with E-state index in [-0.39, 0.29) is 12.2 Å². The molecule has 0 saturated carbocycles. The van der Waals surface area contributed by atoms with Crippen LogP contribution in [0.5, 0.6) is 0 Å². The van der Waals surface area contributed by atoms with E-state index < -0.39 is 0 Å². The third-order valence-corrected chi connectivity index (χ3v) is 4.16. The van der Waals surface area contributed by atoms with E-state index >= 15 is 0 Å². The molecule has 0 bridgehead atoms. The van der Waals surface area contributed by atoms with Gasteiger partial charge < -0.3 is 9.84 Å². The second-order valence-corrected chi connectivity index (χ2v) is 6.10. The molecule has 0 amide bonds. The Morgan fingerprint density at radius 3 is 1.65 bits per heavy atom. The molecule has 2 heteroatoms. The van der Waals surface area contributed by atoms with E-state index in [0.717, 1.165) is 25.7 Å². The molecule has 0 aromatic rings. The molecule has 0 aliphatic carbocycles. The zero-order chi connectivity index (χ0) is 15.1. The van der Waals surface area contributed by atoms with Crippen molar-refractivity contribution in [3.05, 3.63) is 0 Å². The fraction of sp³-hybridized carbons (Fsp3) is 1.00. The molecule has 2 unspecified atom stereocenters. The van der Waals surface area contributed by atoms with E-state index in [9.17, 15) is 5.11 Å². The van der Waals surface area contributed by atoms with Crippen molar-refractivity contribution in [1.29, 1.82) is 0 Å². The van der Waals surface area contributed by atoms with Gasteiger partial charge in [-0.1, -0.05) is 84.5 Å². The van der Waals surface area contributed by atoms with Crippen molar-refractivity contribution in [2.24, 2.45) is 0 Å². The van der Waals surface area contributed by atoms with Crippen LogP contribution in [0.15, 0.2) is 0 Å². The molecular weight excluding hydrogens is 248 g/mol. The Morgan fingerprint density at radius 2 is 1.20 bits per heavy atom. The number of aliphatic hydroxyl groups is 1. The van der Waals surface area contributed by atoms with Crippen molar-refractivity contribution in [3.63, 3.8) is 0 Å². The van der Waals surface area contributed by atoms with Gasteiger partial charge in [-0.2, -0.15) is 0 Å². The van der Waals surface area contributed by atoms with Crippen LogP contribution in [0.4, 0.5) is 0 Å². The molecule has 0 rings (SSSR count). The summed E-state index contributed by atoms with van der Waals surface area (Å²) >= 11 is 0. The SMILES string of the molecule is CCCCCCCCCCCCC(O)C(CCC)OC. The molecule has 0 radical (unpaired) electrons. The lowest BCUT2D eigenvalue weighted by Crippen LogP contribution is -2.27. The molecule has 0 spiro atoms. The first-order valence-corrected chi connectivity index (χ1v) is 8.97. The van der Waals surface area contributed by atoms with Gasteiger partial charge in [0.25, 0.3) is 0 Å². The minimum Gasteiger partial charge on any atom is -0.390 e. The van der Waals surface area contributed by atoms with Gasteiger partial charge in [-0.25, -0.2) is 0 Å².